The zero-order valence-electron chi connectivity index (χ0n) is 12.4. The number of anilines is 1. The topological polar surface area (TPSA) is 58.6 Å². The molecule has 5 nitrogen and oxygen atoms in total. The molecular weight excluding hydrogens is 268 g/mol. The van der Waals surface area contributed by atoms with Crippen LogP contribution in [0.3, 0.4) is 0 Å². The molecule has 0 unspecified atom stereocenters. The van der Waals surface area contributed by atoms with Crippen molar-refractivity contribution in [1.29, 1.82) is 0 Å². The van der Waals surface area contributed by atoms with Gasteiger partial charge in [-0.15, -0.1) is 0 Å². The first kappa shape index (κ1) is 15.5. The van der Waals surface area contributed by atoms with Crippen LogP contribution in [0.15, 0.2) is 24.3 Å². The molecule has 1 saturated heterocycles. The number of hydrogen-bond acceptors (Lipinski definition) is 3. The van der Waals surface area contributed by atoms with E-state index in [0.717, 1.165) is 25.1 Å². The molecule has 0 radical (unpaired) electrons. The molecule has 114 valence electrons. The van der Waals surface area contributed by atoms with E-state index in [2.05, 4.69) is 5.32 Å². The molecule has 0 saturated carbocycles. The number of carbonyl (C=O) groups is 2. The third-order valence-corrected chi connectivity index (χ3v) is 3.45. The summed E-state index contributed by atoms with van der Waals surface area (Å²) < 4.78 is 5.22. The van der Waals surface area contributed by atoms with Gasteiger partial charge in [-0.05, 0) is 38.0 Å². The van der Waals surface area contributed by atoms with Crippen LogP contribution in [0, 0.1) is 0 Å². The lowest BCUT2D eigenvalue weighted by molar-refractivity contribution is -0.117. The summed E-state index contributed by atoms with van der Waals surface area (Å²) >= 11 is 0. The highest BCUT2D eigenvalue weighted by Crippen LogP contribution is 2.22. The van der Waals surface area contributed by atoms with Crippen molar-refractivity contribution >= 4 is 17.5 Å². The minimum absolute atomic E-state index is 0.111. The normalized spacial score (nSPS) is 14.5. The van der Waals surface area contributed by atoms with Crippen molar-refractivity contribution in [2.75, 3.05) is 31.2 Å². The van der Waals surface area contributed by atoms with E-state index in [1.165, 1.54) is 0 Å². The van der Waals surface area contributed by atoms with Crippen LogP contribution in [0.25, 0.3) is 0 Å². The largest absolute Gasteiger partial charge is 0.382 e. The summed E-state index contributed by atoms with van der Waals surface area (Å²) in [6, 6.07) is 7.23. The van der Waals surface area contributed by atoms with Crippen LogP contribution in [0.1, 0.15) is 36.5 Å². The molecule has 1 aliphatic heterocycles. The number of amides is 2. The molecule has 1 aromatic rings. The number of benzene rings is 1. The fraction of sp³-hybridized carbons (Fsp3) is 0.500. The average molecular weight is 290 g/mol. The second kappa shape index (κ2) is 7.78. The van der Waals surface area contributed by atoms with Crippen molar-refractivity contribution < 1.29 is 14.3 Å². The van der Waals surface area contributed by atoms with Gasteiger partial charge >= 0.3 is 0 Å². The van der Waals surface area contributed by atoms with Gasteiger partial charge in [-0.2, -0.15) is 0 Å². The van der Waals surface area contributed by atoms with Gasteiger partial charge in [0.2, 0.25) is 5.91 Å². The van der Waals surface area contributed by atoms with Crippen LogP contribution in [-0.2, 0) is 9.53 Å². The highest BCUT2D eigenvalue weighted by molar-refractivity contribution is 5.99. The van der Waals surface area contributed by atoms with Gasteiger partial charge in [-0.1, -0.05) is 6.07 Å². The summed E-state index contributed by atoms with van der Waals surface area (Å²) in [6.45, 7) is 4.62. The zero-order valence-corrected chi connectivity index (χ0v) is 12.4. The molecule has 0 bridgehead atoms. The second-order valence-electron chi connectivity index (χ2n) is 5.01. The molecule has 1 aromatic carbocycles. The Labute approximate surface area is 125 Å². The van der Waals surface area contributed by atoms with Crippen LogP contribution < -0.4 is 10.2 Å². The van der Waals surface area contributed by atoms with E-state index < -0.39 is 0 Å². The maximum absolute atomic E-state index is 12.1. The van der Waals surface area contributed by atoms with Crippen molar-refractivity contribution in [1.82, 2.24) is 5.32 Å². The number of rotatable bonds is 7. The first-order valence-corrected chi connectivity index (χ1v) is 7.48. The van der Waals surface area contributed by atoms with E-state index in [1.807, 2.05) is 19.1 Å². The van der Waals surface area contributed by atoms with Gasteiger partial charge in [-0.25, -0.2) is 0 Å². The van der Waals surface area contributed by atoms with E-state index in [-0.39, 0.29) is 11.8 Å². The molecule has 21 heavy (non-hydrogen) atoms. The summed E-state index contributed by atoms with van der Waals surface area (Å²) in [4.78, 5) is 25.6. The second-order valence-corrected chi connectivity index (χ2v) is 5.01. The molecule has 0 aromatic heterocycles. The van der Waals surface area contributed by atoms with E-state index in [0.29, 0.717) is 31.7 Å². The summed E-state index contributed by atoms with van der Waals surface area (Å²) in [5, 5.41) is 2.86. The molecule has 0 aliphatic carbocycles. The van der Waals surface area contributed by atoms with E-state index in [9.17, 15) is 9.59 Å². The monoisotopic (exact) mass is 290 g/mol. The van der Waals surface area contributed by atoms with Crippen LogP contribution >= 0.6 is 0 Å². The van der Waals surface area contributed by atoms with Crippen molar-refractivity contribution in [3.05, 3.63) is 29.8 Å². The van der Waals surface area contributed by atoms with Gasteiger partial charge in [0.05, 0.1) is 0 Å². The Hall–Kier alpha value is -1.88. The first-order valence-electron chi connectivity index (χ1n) is 7.48. The lowest BCUT2D eigenvalue weighted by Crippen LogP contribution is -2.27. The van der Waals surface area contributed by atoms with Crippen LogP contribution in [0.5, 0.6) is 0 Å². The van der Waals surface area contributed by atoms with Crippen LogP contribution in [0.4, 0.5) is 5.69 Å². The molecule has 1 aliphatic rings. The number of carbonyl (C=O) groups excluding carboxylic acids is 2. The Bertz CT molecular complexity index is 502. The molecule has 0 atom stereocenters. The van der Waals surface area contributed by atoms with E-state index in [1.54, 1.807) is 17.0 Å². The van der Waals surface area contributed by atoms with Gasteiger partial charge in [0.25, 0.3) is 5.91 Å². The first-order chi connectivity index (χ1) is 10.2. The molecule has 2 amide bonds. The average Bonchev–Trinajstić information content (AvgIpc) is 2.93. The minimum atomic E-state index is -0.111. The Kier molecular flexibility index (Phi) is 5.75. The standard InChI is InChI=1S/C16H22N2O3/c1-2-21-11-5-9-17-16(20)13-6-3-7-14(12-13)18-10-4-8-15(18)19/h3,6-7,12H,2,4-5,8-11H2,1H3,(H,17,20). The predicted octanol–water partition coefficient (Wildman–Crippen LogP) is 1.97. The third kappa shape index (κ3) is 4.29. The maximum atomic E-state index is 12.1. The summed E-state index contributed by atoms with van der Waals surface area (Å²) in [5.41, 5.74) is 1.39. The fourth-order valence-electron chi connectivity index (χ4n) is 2.36. The lowest BCUT2D eigenvalue weighted by atomic mass is 10.1. The SMILES string of the molecule is CCOCCCNC(=O)c1cccc(N2CCCC2=O)c1. The van der Waals surface area contributed by atoms with Crippen molar-refractivity contribution in [3.8, 4) is 0 Å². The van der Waals surface area contributed by atoms with E-state index in [4.69, 9.17) is 4.74 Å². The molecule has 2 rings (SSSR count). The fourth-order valence-corrected chi connectivity index (χ4v) is 2.36. The molecular formula is C16H22N2O3. The lowest BCUT2D eigenvalue weighted by Gasteiger charge is -2.16. The molecule has 1 heterocycles. The van der Waals surface area contributed by atoms with Crippen LogP contribution in [-0.4, -0.2) is 38.1 Å². The van der Waals surface area contributed by atoms with Gasteiger partial charge in [0.1, 0.15) is 0 Å². The Morgan fingerprint density at radius 3 is 3.00 bits per heavy atom. The Balaban J connectivity index is 1.91. The van der Waals surface area contributed by atoms with E-state index >= 15 is 0 Å². The zero-order chi connectivity index (χ0) is 15.1. The molecule has 1 N–H and O–H groups in total. The molecule has 5 heteroatoms. The highest BCUT2D eigenvalue weighted by Gasteiger charge is 2.22. The molecule has 1 fully saturated rings. The quantitative estimate of drug-likeness (QED) is 0.781. The predicted molar refractivity (Wildman–Crippen MR) is 81.5 cm³/mol. The van der Waals surface area contributed by atoms with Crippen molar-refractivity contribution in [2.24, 2.45) is 0 Å². The van der Waals surface area contributed by atoms with Crippen LogP contribution in [0.2, 0.25) is 0 Å². The van der Waals surface area contributed by atoms with Gasteiger partial charge in [0, 0.05) is 44.0 Å². The summed E-state index contributed by atoms with van der Waals surface area (Å²) in [5.74, 6) is 0.0178. The number of nitrogens with one attached hydrogen (secondary N) is 1. The summed E-state index contributed by atoms with van der Waals surface area (Å²) in [7, 11) is 0. The smallest absolute Gasteiger partial charge is 0.251 e. The highest BCUT2D eigenvalue weighted by atomic mass is 16.5. The minimum Gasteiger partial charge on any atom is -0.382 e. The van der Waals surface area contributed by atoms with Gasteiger partial charge in [-0.3, -0.25) is 9.59 Å². The van der Waals surface area contributed by atoms with Gasteiger partial charge < -0.3 is 15.0 Å². The number of nitrogens with zero attached hydrogens (tertiary/aromatic N) is 1. The summed E-state index contributed by atoms with van der Waals surface area (Å²) in [6.07, 6.45) is 2.27. The number of hydrogen-bond donors (Lipinski definition) is 1. The molecule has 0 spiro atoms. The van der Waals surface area contributed by atoms with Crippen molar-refractivity contribution in [2.45, 2.75) is 26.2 Å². The number of ether oxygens (including phenoxy) is 1. The maximum Gasteiger partial charge on any atom is 0.251 e. The Morgan fingerprint density at radius 1 is 1.43 bits per heavy atom. The van der Waals surface area contributed by atoms with Crippen molar-refractivity contribution in [3.63, 3.8) is 0 Å². The Morgan fingerprint density at radius 2 is 2.29 bits per heavy atom. The third-order valence-electron chi connectivity index (χ3n) is 3.45. The van der Waals surface area contributed by atoms with Gasteiger partial charge in [0.15, 0.2) is 0 Å².